The lowest BCUT2D eigenvalue weighted by Gasteiger charge is -2.16. The van der Waals surface area contributed by atoms with E-state index in [1.165, 1.54) is 0 Å². The van der Waals surface area contributed by atoms with Gasteiger partial charge in [-0.05, 0) is 13.3 Å². The lowest BCUT2D eigenvalue weighted by atomic mass is 10.3. The molecule has 1 saturated heterocycles. The Hall–Kier alpha value is -1.52. The molecule has 0 aromatic carbocycles. The van der Waals surface area contributed by atoms with Gasteiger partial charge in [-0.3, -0.25) is 4.79 Å². The Morgan fingerprint density at radius 2 is 2.25 bits per heavy atom. The Balaban J connectivity index is 2.34. The maximum absolute atomic E-state index is 11.4. The molecule has 0 saturated carbocycles. The highest BCUT2D eigenvalue weighted by molar-refractivity contribution is 5.76. The van der Waals surface area contributed by atoms with Gasteiger partial charge < -0.3 is 15.0 Å². The van der Waals surface area contributed by atoms with Crippen LogP contribution in [0.2, 0.25) is 0 Å². The summed E-state index contributed by atoms with van der Waals surface area (Å²) in [7, 11) is 0. The predicted molar refractivity (Wildman–Crippen MR) is 59.7 cm³/mol. The molecule has 90 valence electrons. The summed E-state index contributed by atoms with van der Waals surface area (Å²) in [5.41, 5.74) is 0. The number of nitrogens with one attached hydrogen (secondary N) is 1. The van der Waals surface area contributed by atoms with Gasteiger partial charge in [-0.15, -0.1) is 0 Å². The fraction of sp³-hybridized carbons (Fsp3) is 0.636. The molecule has 0 aromatic rings. The molecule has 1 heterocycles. The number of rotatable bonds is 3. The Morgan fingerprint density at radius 1 is 1.56 bits per heavy atom. The van der Waals surface area contributed by atoms with Crippen LogP contribution in [-0.4, -0.2) is 36.0 Å². The second-order valence-corrected chi connectivity index (χ2v) is 3.91. The molecule has 0 radical (unpaired) electrons. The van der Waals surface area contributed by atoms with Crippen LogP contribution in [0.25, 0.3) is 0 Å². The molecule has 1 aliphatic heterocycles. The van der Waals surface area contributed by atoms with Crippen LogP contribution in [0.5, 0.6) is 0 Å². The topological polar surface area (TPSA) is 58.6 Å². The number of carbonyl (C=O) groups is 2. The summed E-state index contributed by atoms with van der Waals surface area (Å²) in [4.78, 5) is 24.4. The van der Waals surface area contributed by atoms with E-state index in [4.69, 9.17) is 4.74 Å². The summed E-state index contributed by atoms with van der Waals surface area (Å²) >= 11 is 0. The number of nitrogens with zero attached hydrogens (tertiary/aromatic N) is 1. The van der Waals surface area contributed by atoms with E-state index in [9.17, 15) is 9.59 Å². The quantitative estimate of drug-likeness (QED) is 0.737. The summed E-state index contributed by atoms with van der Waals surface area (Å²) in [5.74, 6) is 0.481. The molecule has 5 heteroatoms. The Bertz CT molecular complexity index is 302. The zero-order chi connectivity index (χ0) is 12.1. The third-order valence-electron chi connectivity index (χ3n) is 2.43. The minimum Gasteiger partial charge on any atom is -0.416 e. The van der Waals surface area contributed by atoms with Crippen molar-refractivity contribution in [3.05, 3.63) is 12.3 Å². The molecule has 0 aliphatic carbocycles. The molecule has 1 aliphatic rings. The summed E-state index contributed by atoms with van der Waals surface area (Å²) in [6.07, 6.45) is 0.781. The molecule has 0 spiro atoms. The standard InChI is InChI=1S/C11H18N2O3/c1-4-10(14)13-6-5-9(7-13)12-11(15)16-8(2)3/h9H,2,4-7H2,1,3H3,(H,12,15). The van der Waals surface area contributed by atoms with Gasteiger partial charge in [0.05, 0.1) is 11.8 Å². The van der Waals surface area contributed by atoms with E-state index in [0.717, 1.165) is 6.42 Å². The highest BCUT2D eigenvalue weighted by Gasteiger charge is 2.26. The average molecular weight is 226 g/mol. The van der Waals surface area contributed by atoms with E-state index < -0.39 is 6.09 Å². The number of hydrogen-bond acceptors (Lipinski definition) is 3. The molecule has 1 N–H and O–H groups in total. The van der Waals surface area contributed by atoms with Gasteiger partial charge in [0.1, 0.15) is 0 Å². The summed E-state index contributed by atoms with van der Waals surface area (Å²) in [5, 5.41) is 2.70. The largest absolute Gasteiger partial charge is 0.416 e. The van der Waals surface area contributed by atoms with Gasteiger partial charge in [0, 0.05) is 19.5 Å². The molecule has 0 bridgehead atoms. The molecular weight excluding hydrogens is 208 g/mol. The number of ether oxygens (including phenoxy) is 1. The smallest absolute Gasteiger partial charge is 0.412 e. The van der Waals surface area contributed by atoms with Crippen LogP contribution >= 0.6 is 0 Å². The molecule has 2 amide bonds. The van der Waals surface area contributed by atoms with Crippen molar-refractivity contribution in [2.24, 2.45) is 0 Å². The first kappa shape index (κ1) is 12.5. The summed E-state index contributed by atoms with van der Waals surface area (Å²) in [6, 6.07) is -0.0117. The average Bonchev–Trinajstić information content (AvgIpc) is 2.63. The highest BCUT2D eigenvalue weighted by atomic mass is 16.6. The zero-order valence-electron chi connectivity index (χ0n) is 9.78. The molecule has 16 heavy (non-hydrogen) atoms. The van der Waals surface area contributed by atoms with Crippen molar-refractivity contribution in [1.82, 2.24) is 10.2 Å². The van der Waals surface area contributed by atoms with E-state index in [1.807, 2.05) is 6.92 Å². The number of likely N-dealkylation sites (tertiary alicyclic amines) is 1. The highest BCUT2D eigenvalue weighted by Crippen LogP contribution is 2.10. The minimum absolute atomic E-state index is 0.0117. The first-order valence-corrected chi connectivity index (χ1v) is 5.44. The van der Waals surface area contributed by atoms with Crippen molar-refractivity contribution in [2.75, 3.05) is 13.1 Å². The molecular formula is C11H18N2O3. The van der Waals surface area contributed by atoms with Gasteiger partial charge in [-0.25, -0.2) is 4.79 Å². The van der Waals surface area contributed by atoms with Gasteiger partial charge in [0.25, 0.3) is 0 Å². The zero-order valence-corrected chi connectivity index (χ0v) is 9.78. The Morgan fingerprint density at radius 3 is 2.81 bits per heavy atom. The van der Waals surface area contributed by atoms with Gasteiger partial charge in [-0.1, -0.05) is 13.5 Å². The van der Waals surface area contributed by atoms with Gasteiger partial charge in [0.15, 0.2) is 0 Å². The SMILES string of the molecule is C=C(C)OC(=O)NC1CCN(C(=O)CC)C1. The first-order chi connectivity index (χ1) is 7.52. The van der Waals surface area contributed by atoms with Crippen LogP contribution in [0.3, 0.4) is 0 Å². The van der Waals surface area contributed by atoms with Crippen molar-refractivity contribution >= 4 is 12.0 Å². The maximum atomic E-state index is 11.4. The monoisotopic (exact) mass is 226 g/mol. The van der Waals surface area contributed by atoms with Gasteiger partial charge in [0.2, 0.25) is 5.91 Å². The summed E-state index contributed by atoms with van der Waals surface area (Å²) in [6.45, 7) is 8.19. The Labute approximate surface area is 95.4 Å². The molecule has 0 aromatic heterocycles. The molecule has 5 nitrogen and oxygen atoms in total. The minimum atomic E-state index is -0.497. The molecule has 1 unspecified atom stereocenters. The van der Waals surface area contributed by atoms with E-state index in [2.05, 4.69) is 11.9 Å². The van der Waals surface area contributed by atoms with E-state index in [-0.39, 0.29) is 11.9 Å². The summed E-state index contributed by atoms with van der Waals surface area (Å²) < 4.78 is 4.79. The van der Waals surface area contributed by atoms with Gasteiger partial charge >= 0.3 is 6.09 Å². The maximum Gasteiger partial charge on any atom is 0.412 e. The fourth-order valence-corrected chi connectivity index (χ4v) is 1.68. The van der Waals surface area contributed by atoms with Crippen molar-refractivity contribution in [3.63, 3.8) is 0 Å². The normalized spacial score (nSPS) is 19.4. The fourth-order valence-electron chi connectivity index (χ4n) is 1.68. The van der Waals surface area contributed by atoms with Crippen molar-refractivity contribution < 1.29 is 14.3 Å². The van der Waals surface area contributed by atoms with E-state index in [1.54, 1.807) is 11.8 Å². The van der Waals surface area contributed by atoms with Crippen molar-refractivity contribution in [1.29, 1.82) is 0 Å². The first-order valence-electron chi connectivity index (χ1n) is 5.44. The molecule has 1 rings (SSSR count). The molecule has 1 fully saturated rings. The van der Waals surface area contributed by atoms with Crippen LogP contribution in [0.4, 0.5) is 4.79 Å². The third-order valence-corrected chi connectivity index (χ3v) is 2.43. The van der Waals surface area contributed by atoms with Crippen LogP contribution in [0.15, 0.2) is 12.3 Å². The van der Waals surface area contributed by atoms with Crippen LogP contribution in [0.1, 0.15) is 26.7 Å². The van der Waals surface area contributed by atoms with E-state index >= 15 is 0 Å². The van der Waals surface area contributed by atoms with Gasteiger partial charge in [-0.2, -0.15) is 0 Å². The lowest BCUT2D eigenvalue weighted by Crippen LogP contribution is -2.38. The van der Waals surface area contributed by atoms with Crippen molar-refractivity contribution in [2.45, 2.75) is 32.7 Å². The van der Waals surface area contributed by atoms with Crippen LogP contribution in [0, 0.1) is 0 Å². The number of allylic oxidation sites excluding steroid dienone is 1. The predicted octanol–water partition coefficient (Wildman–Crippen LogP) is 1.26. The third kappa shape index (κ3) is 3.56. The Kier molecular flexibility index (Phi) is 4.34. The number of hydrogen-bond donors (Lipinski definition) is 1. The van der Waals surface area contributed by atoms with Crippen LogP contribution in [-0.2, 0) is 9.53 Å². The second-order valence-electron chi connectivity index (χ2n) is 3.91. The molecule has 1 atom stereocenters. The number of amides is 2. The second kappa shape index (κ2) is 5.53. The number of alkyl carbamates (subject to hydrolysis) is 1. The lowest BCUT2D eigenvalue weighted by molar-refractivity contribution is -0.129. The van der Waals surface area contributed by atoms with E-state index in [0.29, 0.717) is 25.3 Å². The van der Waals surface area contributed by atoms with Crippen molar-refractivity contribution in [3.8, 4) is 0 Å². The number of carbonyl (C=O) groups excluding carboxylic acids is 2. The van der Waals surface area contributed by atoms with Crippen LogP contribution < -0.4 is 5.32 Å².